The molecule has 0 spiro atoms. The van der Waals surface area contributed by atoms with Crippen LogP contribution in [0.5, 0.6) is 0 Å². The summed E-state index contributed by atoms with van der Waals surface area (Å²) in [5.74, 6) is 1.05. The van der Waals surface area contributed by atoms with Crippen molar-refractivity contribution in [2.45, 2.75) is 65.0 Å². The summed E-state index contributed by atoms with van der Waals surface area (Å²) in [5, 5.41) is 0. The number of para-hydroxylation sites is 1. The van der Waals surface area contributed by atoms with Crippen molar-refractivity contribution in [3.63, 3.8) is 0 Å². The van der Waals surface area contributed by atoms with Crippen molar-refractivity contribution in [1.82, 2.24) is 9.55 Å². The first kappa shape index (κ1) is 16.0. The van der Waals surface area contributed by atoms with Gasteiger partial charge in [-0.05, 0) is 45.7 Å². The number of rotatable bonds is 6. The molecule has 0 fully saturated rings. The first-order valence-corrected chi connectivity index (χ1v) is 7.83. The molecule has 0 saturated heterocycles. The summed E-state index contributed by atoms with van der Waals surface area (Å²) in [6.07, 6.45) is 3.11. The van der Waals surface area contributed by atoms with Gasteiger partial charge >= 0.3 is 0 Å². The highest BCUT2D eigenvalue weighted by Gasteiger charge is 2.20. The van der Waals surface area contributed by atoms with Crippen LogP contribution in [0.25, 0.3) is 11.0 Å². The number of aromatic nitrogens is 2. The zero-order valence-corrected chi connectivity index (χ0v) is 13.4. The van der Waals surface area contributed by atoms with Gasteiger partial charge in [0.15, 0.2) is 5.82 Å². The average Bonchev–Trinajstić information content (AvgIpc) is 2.79. The van der Waals surface area contributed by atoms with E-state index in [1.165, 1.54) is 6.07 Å². The van der Waals surface area contributed by atoms with E-state index >= 15 is 0 Å². The molecule has 0 bridgehead atoms. The number of hydrogen-bond donors (Lipinski definition) is 1. The topological polar surface area (TPSA) is 43.8 Å². The maximum Gasteiger partial charge on any atom is 0.151 e. The standard InChI is InChI=1S/C17H26FN3/c1-11(2)21-15-10-6-9-14(18)16(15)20-17(21)12(3)7-5-8-13(4)19/h6,9-13H,5,7-8,19H2,1-4H3. The van der Waals surface area contributed by atoms with E-state index in [1.54, 1.807) is 6.07 Å². The third-order valence-electron chi connectivity index (χ3n) is 3.95. The van der Waals surface area contributed by atoms with Crippen LogP contribution < -0.4 is 5.73 Å². The van der Waals surface area contributed by atoms with Gasteiger partial charge in [-0.1, -0.05) is 19.4 Å². The predicted molar refractivity (Wildman–Crippen MR) is 86.0 cm³/mol. The van der Waals surface area contributed by atoms with Gasteiger partial charge in [-0.2, -0.15) is 0 Å². The van der Waals surface area contributed by atoms with Gasteiger partial charge in [0.2, 0.25) is 0 Å². The number of nitrogens with two attached hydrogens (primary N) is 1. The minimum Gasteiger partial charge on any atom is -0.328 e. The molecule has 0 aliphatic rings. The van der Waals surface area contributed by atoms with Crippen LogP contribution in [-0.4, -0.2) is 15.6 Å². The third kappa shape index (κ3) is 3.43. The lowest BCUT2D eigenvalue weighted by molar-refractivity contribution is 0.504. The van der Waals surface area contributed by atoms with Crippen molar-refractivity contribution >= 4 is 11.0 Å². The number of halogens is 1. The van der Waals surface area contributed by atoms with Crippen LogP contribution in [0.1, 0.15) is 64.7 Å². The first-order valence-electron chi connectivity index (χ1n) is 7.83. The molecule has 0 amide bonds. The van der Waals surface area contributed by atoms with Crippen LogP contribution in [0.2, 0.25) is 0 Å². The molecule has 2 unspecified atom stereocenters. The molecule has 0 saturated carbocycles. The third-order valence-corrected chi connectivity index (χ3v) is 3.95. The molecular formula is C17H26FN3. The fraction of sp³-hybridized carbons (Fsp3) is 0.588. The summed E-state index contributed by atoms with van der Waals surface area (Å²) in [7, 11) is 0. The Hall–Kier alpha value is -1.42. The summed E-state index contributed by atoms with van der Waals surface area (Å²) >= 11 is 0. The maximum atomic E-state index is 14.0. The largest absolute Gasteiger partial charge is 0.328 e. The van der Waals surface area contributed by atoms with E-state index in [0.717, 1.165) is 30.6 Å². The Labute approximate surface area is 126 Å². The Kier molecular flexibility index (Phi) is 4.99. The van der Waals surface area contributed by atoms with E-state index in [-0.39, 0.29) is 17.9 Å². The van der Waals surface area contributed by atoms with E-state index in [2.05, 4.69) is 30.3 Å². The van der Waals surface area contributed by atoms with E-state index in [1.807, 2.05) is 13.0 Å². The monoisotopic (exact) mass is 291 g/mol. The van der Waals surface area contributed by atoms with Gasteiger partial charge in [-0.15, -0.1) is 0 Å². The molecule has 1 aromatic heterocycles. The molecule has 0 aliphatic carbocycles. The SMILES string of the molecule is CC(N)CCCC(C)c1nc2c(F)cccc2n1C(C)C. The highest BCUT2D eigenvalue weighted by atomic mass is 19.1. The van der Waals surface area contributed by atoms with E-state index in [4.69, 9.17) is 5.73 Å². The van der Waals surface area contributed by atoms with Gasteiger partial charge in [0, 0.05) is 18.0 Å². The summed E-state index contributed by atoms with van der Waals surface area (Å²) in [6, 6.07) is 5.68. The molecule has 2 rings (SSSR count). The van der Waals surface area contributed by atoms with Crippen molar-refractivity contribution in [2.75, 3.05) is 0 Å². The van der Waals surface area contributed by atoms with Crippen LogP contribution in [0.4, 0.5) is 4.39 Å². The number of nitrogens with zero attached hydrogens (tertiary/aromatic N) is 2. The zero-order chi connectivity index (χ0) is 15.6. The van der Waals surface area contributed by atoms with Crippen LogP contribution >= 0.6 is 0 Å². The second kappa shape index (κ2) is 6.56. The van der Waals surface area contributed by atoms with Crippen molar-refractivity contribution in [3.8, 4) is 0 Å². The summed E-state index contributed by atoms with van der Waals surface area (Å²) in [4.78, 5) is 4.59. The van der Waals surface area contributed by atoms with Crippen LogP contribution in [0, 0.1) is 5.82 Å². The smallest absolute Gasteiger partial charge is 0.151 e. The molecule has 1 heterocycles. The van der Waals surface area contributed by atoms with Crippen LogP contribution in [0.3, 0.4) is 0 Å². The van der Waals surface area contributed by atoms with Gasteiger partial charge in [0.05, 0.1) is 5.52 Å². The van der Waals surface area contributed by atoms with Crippen molar-refractivity contribution < 1.29 is 4.39 Å². The maximum absolute atomic E-state index is 14.0. The summed E-state index contributed by atoms with van der Waals surface area (Å²) in [5.41, 5.74) is 7.18. The molecule has 1 aromatic carbocycles. The van der Waals surface area contributed by atoms with Gasteiger partial charge in [0.1, 0.15) is 11.3 Å². The highest BCUT2D eigenvalue weighted by Crippen LogP contribution is 2.29. The lowest BCUT2D eigenvalue weighted by Gasteiger charge is -2.18. The molecule has 0 radical (unpaired) electrons. The van der Waals surface area contributed by atoms with Crippen molar-refractivity contribution in [2.24, 2.45) is 5.73 Å². The lowest BCUT2D eigenvalue weighted by atomic mass is 10.0. The van der Waals surface area contributed by atoms with E-state index in [0.29, 0.717) is 11.4 Å². The zero-order valence-electron chi connectivity index (χ0n) is 13.4. The molecule has 2 aromatic rings. The van der Waals surface area contributed by atoms with Gasteiger partial charge in [-0.25, -0.2) is 9.37 Å². The fourth-order valence-corrected chi connectivity index (χ4v) is 2.87. The van der Waals surface area contributed by atoms with Crippen LogP contribution in [0.15, 0.2) is 18.2 Å². The average molecular weight is 291 g/mol. The number of imidazole rings is 1. The molecule has 3 nitrogen and oxygen atoms in total. The quantitative estimate of drug-likeness (QED) is 0.858. The number of fused-ring (bicyclic) bond motifs is 1. The Morgan fingerprint density at radius 2 is 1.90 bits per heavy atom. The summed E-state index contributed by atoms with van der Waals surface area (Å²) < 4.78 is 16.1. The molecule has 0 aliphatic heterocycles. The number of benzene rings is 1. The molecule has 2 N–H and O–H groups in total. The van der Waals surface area contributed by atoms with Gasteiger partial charge in [-0.3, -0.25) is 0 Å². The predicted octanol–water partition coefficient (Wildman–Crippen LogP) is 4.38. The second-order valence-corrected chi connectivity index (χ2v) is 6.35. The minimum absolute atomic E-state index is 0.235. The molecule has 116 valence electrons. The summed E-state index contributed by atoms with van der Waals surface area (Å²) in [6.45, 7) is 8.43. The fourth-order valence-electron chi connectivity index (χ4n) is 2.87. The normalized spacial score (nSPS) is 14.8. The minimum atomic E-state index is -0.240. The van der Waals surface area contributed by atoms with E-state index in [9.17, 15) is 4.39 Å². The van der Waals surface area contributed by atoms with Gasteiger partial charge in [0.25, 0.3) is 0 Å². The van der Waals surface area contributed by atoms with Crippen molar-refractivity contribution in [1.29, 1.82) is 0 Å². The molecule has 2 atom stereocenters. The Morgan fingerprint density at radius 3 is 2.52 bits per heavy atom. The van der Waals surface area contributed by atoms with E-state index < -0.39 is 0 Å². The molecule has 21 heavy (non-hydrogen) atoms. The Morgan fingerprint density at radius 1 is 1.19 bits per heavy atom. The molecule has 4 heteroatoms. The Bertz CT molecular complexity index is 601. The lowest BCUT2D eigenvalue weighted by Crippen LogP contribution is -2.15. The second-order valence-electron chi connectivity index (χ2n) is 6.35. The van der Waals surface area contributed by atoms with Gasteiger partial charge < -0.3 is 10.3 Å². The van der Waals surface area contributed by atoms with Crippen LogP contribution in [-0.2, 0) is 0 Å². The highest BCUT2D eigenvalue weighted by molar-refractivity contribution is 5.77. The Balaban J connectivity index is 2.34. The van der Waals surface area contributed by atoms with Crippen molar-refractivity contribution in [3.05, 3.63) is 29.8 Å². The number of hydrogen-bond acceptors (Lipinski definition) is 2. The molecular weight excluding hydrogens is 265 g/mol. The first-order chi connectivity index (χ1) is 9.91.